The van der Waals surface area contributed by atoms with Gasteiger partial charge >= 0.3 is 23.9 Å². The monoisotopic (exact) mass is 474 g/mol. The van der Waals surface area contributed by atoms with Crippen molar-refractivity contribution in [2.75, 3.05) is 0 Å². The van der Waals surface area contributed by atoms with Crippen LogP contribution in [-0.2, 0) is 33.4 Å². The molecule has 0 aromatic carbocycles. The van der Waals surface area contributed by atoms with Crippen LogP contribution in [0.4, 0.5) is 0 Å². The van der Waals surface area contributed by atoms with Crippen LogP contribution in [-0.4, -0.2) is 46.3 Å². The molecule has 1 N–H and O–H groups in total. The van der Waals surface area contributed by atoms with Gasteiger partial charge in [0.25, 0.3) is 0 Å². The Morgan fingerprint density at radius 2 is 1.74 bits per heavy atom. The van der Waals surface area contributed by atoms with E-state index in [0.717, 1.165) is 32.1 Å². The van der Waals surface area contributed by atoms with E-state index in [9.17, 15) is 24.3 Å². The minimum atomic E-state index is -1.42. The van der Waals surface area contributed by atoms with Crippen LogP contribution >= 0.6 is 0 Å². The van der Waals surface area contributed by atoms with Gasteiger partial charge in [-0.15, -0.1) is 0 Å². The molecule has 8 heteroatoms. The molecule has 0 radical (unpaired) electrons. The van der Waals surface area contributed by atoms with E-state index in [2.05, 4.69) is 6.58 Å². The number of carboxylic acids is 1. The van der Waals surface area contributed by atoms with Gasteiger partial charge in [-0.05, 0) is 83.0 Å². The number of aliphatic carboxylic acids is 1. The number of rotatable bonds is 9. The molecule has 1 spiro atoms. The Balaban J connectivity index is 1.31. The topological polar surface area (TPSA) is 116 Å². The van der Waals surface area contributed by atoms with Gasteiger partial charge in [0.1, 0.15) is 11.2 Å². The Labute approximate surface area is 199 Å². The number of carbonyl (C=O) groups is 4. The maximum atomic E-state index is 13.1. The molecule has 5 fully saturated rings. The Hall–Kier alpha value is -2.38. The van der Waals surface area contributed by atoms with Gasteiger partial charge in [-0.3, -0.25) is 9.59 Å². The fourth-order valence-electron chi connectivity index (χ4n) is 8.43. The molecule has 5 rings (SSSR count). The van der Waals surface area contributed by atoms with Crippen molar-refractivity contribution >= 4 is 23.9 Å². The number of fused-ring (bicyclic) bond motifs is 1. The van der Waals surface area contributed by atoms with Crippen LogP contribution in [0.1, 0.15) is 84.5 Å². The average molecular weight is 475 g/mol. The highest BCUT2D eigenvalue weighted by atomic mass is 16.6. The zero-order valence-corrected chi connectivity index (χ0v) is 20.0. The number of esters is 3. The molecule has 186 valence electrons. The second kappa shape index (κ2) is 7.56. The Kier molecular flexibility index (Phi) is 5.19. The van der Waals surface area contributed by atoms with E-state index in [0.29, 0.717) is 32.1 Å². The van der Waals surface area contributed by atoms with Crippen LogP contribution in [0.5, 0.6) is 0 Å². The highest BCUT2D eigenvalue weighted by Crippen LogP contribution is 2.88. The number of ether oxygens (including phenoxy) is 3. The summed E-state index contributed by atoms with van der Waals surface area (Å²) in [5.74, 6) is -2.43. The first-order chi connectivity index (χ1) is 16.0. The van der Waals surface area contributed by atoms with E-state index in [1.807, 2.05) is 6.92 Å². The Morgan fingerprint density at radius 3 is 2.32 bits per heavy atom. The second-order valence-electron chi connectivity index (χ2n) is 11.5. The summed E-state index contributed by atoms with van der Waals surface area (Å²) in [5, 5.41) is 9.98. The first-order valence-corrected chi connectivity index (χ1v) is 12.6. The van der Waals surface area contributed by atoms with Crippen LogP contribution in [0.2, 0.25) is 0 Å². The highest BCUT2D eigenvalue weighted by Gasteiger charge is 2.90. The van der Waals surface area contributed by atoms with Crippen LogP contribution in [0.15, 0.2) is 12.2 Å². The van der Waals surface area contributed by atoms with Crippen molar-refractivity contribution in [3.05, 3.63) is 12.2 Å². The number of hydrogen-bond acceptors (Lipinski definition) is 7. The third-order valence-electron chi connectivity index (χ3n) is 9.81. The summed E-state index contributed by atoms with van der Waals surface area (Å²) in [6, 6.07) is 0. The molecule has 0 aromatic rings. The Morgan fingerprint density at radius 1 is 1.03 bits per heavy atom. The third-order valence-corrected chi connectivity index (χ3v) is 9.81. The fraction of sp³-hybridized carbons (Fsp3) is 0.769. The van der Waals surface area contributed by atoms with Gasteiger partial charge in [-0.25, -0.2) is 9.59 Å². The molecule has 5 saturated carbocycles. The van der Waals surface area contributed by atoms with Crippen LogP contribution < -0.4 is 0 Å². The molecule has 0 heterocycles. The maximum Gasteiger partial charge on any atom is 0.348 e. The molecule has 0 aliphatic heterocycles. The van der Waals surface area contributed by atoms with Crippen LogP contribution in [0, 0.1) is 22.7 Å². The SMILES string of the molecule is C=C(C)C(=O)OC(CC(=O)OC12CC3CC4(C(=O)O)CC(C1)C24C3)C(=O)OC1(CC)CCCC1. The standard InChI is InChI=1S/C26H34O8/c1-4-23(7-5-6-8-23)34-21(29)18(32-20(28)15(2)3)9-19(27)33-25-11-16-10-24(22(30)31)13-17(14-25)26(24,25)12-16/h16-18H,2,4-14H2,1,3H3,(H,30,31). The van der Waals surface area contributed by atoms with Gasteiger partial charge < -0.3 is 19.3 Å². The van der Waals surface area contributed by atoms with Gasteiger partial charge in [0.15, 0.2) is 0 Å². The first kappa shape index (κ1) is 23.4. The zero-order chi connectivity index (χ0) is 24.5. The summed E-state index contributed by atoms with van der Waals surface area (Å²) in [6.07, 6.45) is 5.61. The highest BCUT2D eigenvalue weighted by molar-refractivity contribution is 5.91. The molecular weight excluding hydrogens is 440 g/mol. The summed E-state index contributed by atoms with van der Waals surface area (Å²) in [7, 11) is 0. The molecule has 8 nitrogen and oxygen atoms in total. The lowest BCUT2D eigenvalue weighted by atomic mass is 9.30. The maximum absolute atomic E-state index is 13.1. The number of carboxylic acid groups (broad SMARTS) is 1. The largest absolute Gasteiger partial charge is 0.481 e. The quantitative estimate of drug-likeness (QED) is 0.305. The molecule has 0 amide bonds. The molecule has 0 aromatic heterocycles. The lowest BCUT2D eigenvalue weighted by Crippen LogP contribution is -2.78. The third kappa shape index (κ3) is 2.95. The van der Waals surface area contributed by atoms with E-state index in [-0.39, 0.29) is 17.4 Å². The normalized spacial score (nSPS) is 38.6. The number of carbonyl (C=O) groups excluding carboxylic acids is 3. The molecule has 5 aliphatic carbocycles. The summed E-state index contributed by atoms with van der Waals surface area (Å²) in [5.41, 5.74) is -2.53. The molecule has 6 atom stereocenters. The van der Waals surface area contributed by atoms with Gasteiger partial charge in [-0.1, -0.05) is 13.5 Å². The lowest BCUT2D eigenvalue weighted by Gasteiger charge is -2.74. The summed E-state index contributed by atoms with van der Waals surface area (Å²) >= 11 is 0. The molecule has 34 heavy (non-hydrogen) atoms. The minimum absolute atomic E-state index is 0.116. The summed E-state index contributed by atoms with van der Waals surface area (Å²) < 4.78 is 17.2. The number of hydrogen-bond donors (Lipinski definition) is 1. The van der Waals surface area contributed by atoms with Gasteiger partial charge in [-0.2, -0.15) is 0 Å². The molecule has 2 bridgehead atoms. The van der Waals surface area contributed by atoms with Crippen LogP contribution in [0.3, 0.4) is 0 Å². The average Bonchev–Trinajstić information content (AvgIpc) is 3.41. The van der Waals surface area contributed by atoms with Crippen molar-refractivity contribution in [2.45, 2.75) is 102 Å². The van der Waals surface area contributed by atoms with Crippen LogP contribution in [0.25, 0.3) is 0 Å². The van der Waals surface area contributed by atoms with E-state index in [4.69, 9.17) is 14.2 Å². The zero-order valence-electron chi connectivity index (χ0n) is 20.0. The molecular formula is C26H34O8. The van der Waals surface area contributed by atoms with Gasteiger partial charge in [0, 0.05) is 11.0 Å². The minimum Gasteiger partial charge on any atom is -0.481 e. The van der Waals surface area contributed by atoms with E-state index < -0.39 is 58.4 Å². The van der Waals surface area contributed by atoms with Crippen molar-refractivity contribution < 1.29 is 38.5 Å². The second-order valence-corrected chi connectivity index (χ2v) is 11.5. The van der Waals surface area contributed by atoms with Crippen molar-refractivity contribution in [2.24, 2.45) is 22.7 Å². The van der Waals surface area contributed by atoms with Gasteiger partial charge in [0.2, 0.25) is 6.10 Å². The smallest absolute Gasteiger partial charge is 0.348 e. The predicted octanol–water partition coefficient (Wildman–Crippen LogP) is 3.71. The molecule has 5 aliphatic rings. The molecule has 6 unspecified atom stereocenters. The van der Waals surface area contributed by atoms with Gasteiger partial charge in [0.05, 0.1) is 11.8 Å². The van der Waals surface area contributed by atoms with Crippen molar-refractivity contribution in [1.82, 2.24) is 0 Å². The Bertz CT molecular complexity index is 964. The lowest BCUT2D eigenvalue weighted by molar-refractivity contribution is -0.326. The predicted molar refractivity (Wildman–Crippen MR) is 118 cm³/mol. The first-order valence-electron chi connectivity index (χ1n) is 12.6. The molecule has 0 saturated heterocycles. The van der Waals surface area contributed by atoms with Crippen molar-refractivity contribution in [3.63, 3.8) is 0 Å². The van der Waals surface area contributed by atoms with Crippen molar-refractivity contribution in [3.8, 4) is 0 Å². The summed E-state index contributed by atoms with van der Waals surface area (Å²) in [6.45, 7) is 6.98. The van der Waals surface area contributed by atoms with Crippen molar-refractivity contribution in [1.29, 1.82) is 0 Å². The fourth-order valence-corrected chi connectivity index (χ4v) is 8.43. The van der Waals surface area contributed by atoms with E-state index in [1.165, 1.54) is 6.92 Å². The summed E-state index contributed by atoms with van der Waals surface area (Å²) in [4.78, 5) is 50.6. The van der Waals surface area contributed by atoms with E-state index in [1.54, 1.807) is 0 Å². The van der Waals surface area contributed by atoms with E-state index >= 15 is 0 Å².